The van der Waals surface area contributed by atoms with Crippen molar-refractivity contribution in [3.05, 3.63) is 27.4 Å². The van der Waals surface area contributed by atoms with Gasteiger partial charge in [-0.3, -0.25) is 19.1 Å². The lowest BCUT2D eigenvalue weighted by Gasteiger charge is -2.47. The number of carboxylic acids is 1. The third-order valence-electron chi connectivity index (χ3n) is 11.5. The van der Waals surface area contributed by atoms with Crippen molar-refractivity contribution in [2.24, 2.45) is 17.8 Å². The van der Waals surface area contributed by atoms with Gasteiger partial charge < -0.3 is 19.9 Å². The van der Waals surface area contributed by atoms with Crippen molar-refractivity contribution in [3.8, 4) is 0 Å². The standard InChI is InChI=1S/C33H51ClN4O5S/c1-18-15-24(31-30(35-18)25(17-44-31)33(40)41)23-16-21(34)5-8-28(23)43-14-13-38-20(3)36-26-6-7-27(19(2)29(26)32(38)39)37-11-9-22(42-4)10-12-37/h18-19,21-25,27-28,30-31,35H,5-17H2,1-4H3,(H,40,41)/t18?,19-,21?,23?,24?,25?,27-,28?,30?,31?/m0/s1. The van der Waals surface area contributed by atoms with E-state index in [9.17, 15) is 14.7 Å². The van der Waals surface area contributed by atoms with Crippen LogP contribution in [0.2, 0.25) is 0 Å². The van der Waals surface area contributed by atoms with Crippen molar-refractivity contribution in [2.75, 3.05) is 32.6 Å². The summed E-state index contributed by atoms with van der Waals surface area (Å²) in [6.45, 7) is 9.31. The highest BCUT2D eigenvalue weighted by Crippen LogP contribution is 2.48. The van der Waals surface area contributed by atoms with E-state index in [0.717, 1.165) is 81.5 Å². The molecule has 4 heterocycles. The van der Waals surface area contributed by atoms with Crippen molar-refractivity contribution >= 4 is 29.3 Å². The number of piperidine rings is 2. The molecule has 10 atom stereocenters. The molecular weight excluding hydrogens is 600 g/mol. The molecule has 3 saturated heterocycles. The molecule has 1 aromatic rings. The maximum absolute atomic E-state index is 14.0. The molecule has 0 amide bonds. The normalized spacial score (nSPS) is 38.3. The Kier molecular flexibility index (Phi) is 10.3. The molecule has 6 rings (SSSR count). The second kappa shape index (κ2) is 13.9. The van der Waals surface area contributed by atoms with Crippen molar-refractivity contribution in [1.29, 1.82) is 0 Å². The summed E-state index contributed by atoms with van der Waals surface area (Å²) in [6, 6.07) is 0.611. The predicted octanol–water partition coefficient (Wildman–Crippen LogP) is 4.06. The first-order chi connectivity index (χ1) is 21.2. The fourth-order valence-corrected chi connectivity index (χ4v) is 11.4. The van der Waals surface area contributed by atoms with Crippen LogP contribution in [0.25, 0.3) is 0 Å². The number of fused-ring (bicyclic) bond motifs is 2. The highest BCUT2D eigenvalue weighted by atomic mass is 35.5. The van der Waals surface area contributed by atoms with E-state index in [1.165, 1.54) is 0 Å². The number of ether oxygens (including phenoxy) is 2. The third-order valence-corrected chi connectivity index (χ3v) is 13.5. The number of aryl methyl sites for hydroxylation is 2. The van der Waals surface area contributed by atoms with Gasteiger partial charge in [0.25, 0.3) is 5.56 Å². The van der Waals surface area contributed by atoms with E-state index in [1.54, 1.807) is 7.11 Å². The minimum atomic E-state index is -0.701. The summed E-state index contributed by atoms with van der Waals surface area (Å²) in [5.74, 6) is 1.15. The summed E-state index contributed by atoms with van der Waals surface area (Å²) < 4.78 is 14.1. The molecule has 0 bridgehead atoms. The van der Waals surface area contributed by atoms with Gasteiger partial charge in [0, 0.05) is 66.2 Å². The number of carbonyl (C=O) groups is 1. The molecule has 2 N–H and O–H groups in total. The van der Waals surface area contributed by atoms with Gasteiger partial charge in [0.05, 0.1) is 37.0 Å². The first-order valence-corrected chi connectivity index (χ1v) is 18.4. The first kappa shape index (κ1) is 32.8. The van der Waals surface area contributed by atoms with E-state index in [-0.39, 0.29) is 52.1 Å². The average Bonchev–Trinajstić information content (AvgIpc) is 3.43. The number of alkyl halides is 1. The molecule has 44 heavy (non-hydrogen) atoms. The Morgan fingerprint density at radius 1 is 1.14 bits per heavy atom. The Morgan fingerprint density at radius 2 is 1.91 bits per heavy atom. The van der Waals surface area contributed by atoms with Gasteiger partial charge in [-0.1, -0.05) is 6.92 Å². The number of rotatable bonds is 8. The van der Waals surface area contributed by atoms with Crippen molar-refractivity contribution in [1.82, 2.24) is 19.8 Å². The van der Waals surface area contributed by atoms with Crippen molar-refractivity contribution in [2.45, 2.75) is 126 Å². The Morgan fingerprint density at radius 3 is 2.64 bits per heavy atom. The van der Waals surface area contributed by atoms with E-state index >= 15 is 0 Å². The summed E-state index contributed by atoms with van der Waals surface area (Å²) in [5, 5.41) is 13.8. The summed E-state index contributed by atoms with van der Waals surface area (Å²) in [4.78, 5) is 33.5. The van der Waals surface area contributed by atoms with Gasteiger partial charge in [-0.15, -0.1) is 11.6 Å². The van der Waals surface area contributed by atoms with Crippen molar-refractivity contribution in [3.63, 3.8) is 0 Å². The Hall–Kier alpha value is -1.17. The fraction of sp³-hybridized carbons (Fsp3) is 0.848. The number of nitrogens with one attached hydrogen (secondary N) is 1. The Bertz CT molecular complexity index is 1240. The number of methoxy groups -OCH3 is 1. The minimum Gasteiger partial charge on any atom is -0.481 e. The molecular formula is C33H51ClN4O5S. The van der Waals surface area contributed by atoms with Gasteiger partial charge in [-0.05, 0) is 77.0 Å². The molecule has 1 saturated carbocycles. The van der Waals surface area contributed by atoms with E-state index in [1.807, 2.05) is 23.3 Å². The van der Waals surface area contributed by atoms with Gasteiger partial charge in [-0.25, -0.2) is 4.98 Å². The van der Waals surface area contributed by atoms with Gasteiger partial charge in [0.15, 0.2) is 0 Å². The van der Waals surface area contributed by atoms with Crippen LogP contribution < -0.4 is 10.9 Å². The van der Waals surface area contributed by atoms with Gasteiger partial charge >= 0.3 is 5.97 Å². The molecule has 4 fully saturated rings. The summed E-state index contributed by atoms with van der Waals surface area (Å²) >= 11 is 8.57. The quantitative estimate of drug-likeness (QED) is 0.403. The number of hydrogen-bond donors (Lipinski definition) is 2. The van der Waals surface area contributed by atoms with Crippen LogP contribution >= 0.6 is 23.4 Å². The zero-order valence-corrected chi connectivity index (χ0v) is 28.3. The zero-order valence-electron chi connectivity index (χ0n) is 26.8. The molecule has 0 radical (unpaired) electrons. The zero-order chi connectivity index (χ0) is 31.1. The molecule has 5 aliphatic rings. The van der Waals surface area contributed by atoms with Crippen molar-refractivity contribution < 1.29 is 19.4 Å². The lowest BCUT2D eigenvalue weighted by Crippen LogP contribution is -2.57. The van der Waals surface area contributed by atoms with E-state index < -0.39 is 5.97 Å². The van der Waals surface area contributed by atoms with Crippen LogP contribution in [-0.4, -0.2) is 99.0 Å². The second-order valence-electron chi connectivity index (χ2n) is 14.1. The molecule has 246 valence electrons. The van der Waals surface area contributed by atoms with E-state index in [2.05, 4.69) is 24.1 Å². The van der Waals surface area contributed by atoms with Crippen LogP contribution in [0.3, 0.4) is 0 Å². The van der Waals surface area contributed by atoms with Crippen LogP contribution in [0.5, 0.6) is 0 Å². The summed E-state index contributed by atoms with van der Waals surface area (Å²) in [7, 11) is 1.80. The molecule has 1 aromatic heterocycles. The Labute approximate surface area is 271 Å². The highest BCUT2D eigenvalue weighted by Gasteiger charge is 2.51. The van der Waals surface area contributed by atoms with Gasteiger partial charge in [-0.2, -0.15) is 11.8 Å². The SMILES string of the molecule is COC1CCN([C@H]2CCc3nc(C)n(CCOC4CCC(Cl)CC4C4CC(C)NC5C(C(=O)O)CSC45)c(=O)c3[C@H]2C)CC1. The number of likely N-dealkylation sites (tertiary alicyclic amines) is 1. The van der Waals surface area contributed by atoms with Gasteiger partial charge in [0.2, 0.25) is 0 Å². The molecule has 9 nitrogen and oxygen atoms in total. The monoisotopic (exact) mass is 650 g/mol. The number of aliphatic carboxylic acids is 1. The highest BCUT2D eigenvalue weighted by molar-refractivity contribution is 8.00. The minimum absolute atomic E-state index is 0.0115. The lowest BCUT2D eigenvalue weighted by molar-refractivity contribution is -0.142. The maximum atomic E-state index is 14.0. The van der Waals surface area contributed by atoms with Crippen LogP contribution in [0.15, 0.2) is 4.79 Å². The van der Waals surface area contributed by atoms with Crippen LogP contribution in [0.4, 0.5) is 0 Å². The van der Waals surface area contributed by atoms with Gasteiger partial charge in [0.1, 0.15) is 5.82 Å². The molecule has 0 aromatic carbocycles. The number of nitrogens with zero attached hydrogens (tertiary/aromatic N) is 3. The van der Waals surface area contributed by atoms with Crippen LogP contribution in [-0.2, 0) is 27.2 Å². The molecule has 8 unspecified atom stereocenters. The lowest BCUT2D eigenvalue weighted by atomic mass is 9.70. The summed E-state index contributed by atoms with van der Waals surface area (Å²) in [5.41, 5.74) is 1.96. The second-order valence-corrected chi connectivity index (χ2v) is 15.9. The Balaban J connectivity index is 1.14. The van der Waals surface area contributed by atoms with Crippen LogP contribution in [0.1, 0.15) is 81.8 Å². The largest absolute Gasteiger partial charge is 0.481 e. The topological polar surface area (TPSA) is 106 Å². The molecule has 3 aliphatic heterocycles. The third kappa shape index (κ3) is 6.50. The number of thioether (sulfide) groups is 1. The maximum Gasteiger partial charge on any atom is 0.308 e. The fourth-order valence-electron chi connectivity index (χ4n) is 9.22. The molecule has 2 aliphatic carbocycles. The average molecular weight is 651 g/mol. The number of halogens is 1. The van der Waals surface area contributed by atoms with E-state index in [4.69, 9.17) is 26.1 Å². The summed E-state index contributed by atoms with van der Waals surface area (Å²) in [6.07, 6.45) is 8.10. The molecule has 0 spiro atoms. The molecule has 11 heteroatoms. The first-order valence-electron chi connectivity index (χ1n) is 16.9. The van der Waals surface area contributed by atoms with E-state index in [0.29, 0.717) is 37.0 Å². The predicted molar refractivity (Wildman–Crippen MR) is 174 cm³/mol. The number of hydrogen-bond acceptors (Lipinski definition) is 8. The van der Waals surface area contributed by atoms with Crippen LogP contribution in [0, 0.1) is 24.7 Å². The number of aromatic nitrogens is 2. The number of carboxylic acid groups (broad SMARTS) is 1. The smallest absolute Gasteiger partial charge is 0.308 e.